The molecule has 0 saturated carbocycles. The summed E-state index contributed by atoms with van der Waals surface area (Å²) in [4.78, 5) is 19.5. The van der Waals surface area contributed by atoms with E-state index in [4.69, 9.17) is 5.11 Å². The van der Waals surface area contributed by atoms with E-state index in [2.05, 4.69) is 9.97 Å². The molecule has 78 valence electrons. The van der Waals surface area contributed by atoms with Crippen LogP contribution < -0.4 is 10.5 Å². The van der Waals surface area contributed by atoms with Crippen LogP contribution in [0.4, 0.5) is 5.82 Å². The summed E-state index contributed by atoms with van der Waals surface area (Å²) in [7, 11) is 1.73. The molecule has 0 bridgehead atoms. The number of nitrogens with zero attached hydrogens (tertiary/aromatic N) is 2. The highest BCUT2D eigenvalue weighted by atomic mass is 16.3. The summed E-state index contributed by atoms with van der Waals surface area (Å²) < 4.78 is 0. The van der Waals surface area contributed by atoms with Crippen molar-refractivity contribution in [1.82, 2.24) is 9.97 Å². The van der Waals surface area contributed by atoms with E-state index in [1.54, 1.807) is 11.9 Å². The van der Waals surface area contributed by atoms with Crippen LogP contribution in [0.15, 0.2) is 17.2 Å². The first-order valence-electron chi connectivity index (χ1n) is 4.37. The van der Waals surface area contributed by atoms with E-state index in [0.29, 0.717) is 5.82 Å². The molecule has 0 aromatic carbocycles. The van der Waals surface area contributed by atoms with E-state index in [1.165, 1.54) is 12.4 Å². The number of aliphatic hydroxyl groups excluding tert-OH is 1. The monoisotopic (exact) mass is 197 g/mol. The van der Waals surface area contributed by atoms with Crippen LogP contribution in [0, 0.1) is 0 Å². The minimum absolute atomic E-state index is 0.0421. The molecule has 0 amide bonds. The fourth-order valence-electron chi connectivity index (χ4n) is 0.976. The number of rotatable bonds is 3. The van der Waals surface area contributed by atoms with Gasteiger partial charge in [0, 0.05) is 19.4 Å². The van der Waals surface area contributed by atoms with Gasteiger partial charge in [0.25, 0.3) is 5.56 Å². The molecule has 0 saturated heterocycles. The number of aromatic amines is 1. The predicted octanol–water partition coefficient (Wildman–Crippen LogP) is -0.0230. The zero-order valence-corrected chi connectivity index (χ0v) is 8.61. The molecule has 1 heterocycles. The lowest BCUT2D eigenvalue weighted by Gasteiger charge is -2.33. The van der Waals surface area contributed by atoms with Crippen LogP contribution in [0.25, 0.3) is 0 Å². The first-order chi connectivity index (χ1) is 6.49. The minimum Gasteiger partial charge on any atom is -0.394 e. The highest BCUT2D eigenvalue weighted by Crippen LogP contribution is 2.15. The Bertz CT molecular complexity index is 359. The van der Waals surface area contributed by atoms with Gasteiger partial charge in [-0.1, -0.05) is 0 Å². The summed E-state index contributed by atoms with van der Waals surface area (Å²) in [5.41, 5.74) is -0.752. The van der Waals surface area contributed by atoms with Crippen LogP contribution in [0.5, 0.6) is 0 Å². The fraction of sp³-hybridized carbons (Fsp3) is 0.556. The first-order valence-corrected chi connectivity index (χ1v) is 4.37. The van der Waals surface area contributed by atoms with Gasteiger partial charge in [0.15, 0.2) is 5.82 Å². The summed E-state index contributed by atoms with van der Waals surface area (Å²) in [6.45, 7) is 3.63. The van der Waals surface area contributed by atoms with Crippen molar-refractivity contribution in [2.45, 2.75) is 19.4 Å². The van der Waals surface area contributed by atoms with Gasteiger partial charge in [-0.05, 0) is 13.8 Å². The third-order valence-corrected chi connectivity index (χ3v) is 2.30. The molecule has 0 unspecified atom stereocenters. The van der Waals surface area contributed by atoms with Crippen molar-refractivity contribution in [3.63, 3.8) is 0 Å². The molecule has 0 aliphatic heterocycles. The van der Waals surface area contributed by atoms with Gasteiger partial charge in [0.05, 0.1) is 12.1 Å². The maximum absolute atomic E-state index is 11.4. The molecule has 0 atom stereocenters. The Morgan fingerprint density at radius 1 is 1.64 bits per heavy atom. The van der Waals surface area contributed by atoms with Crippen LogP contribution in [0.2, 0.25) is 0 Å². The summed E-state index contributed by atoms with van der Waals surface area (Å²) in [5.74, 6) is 0.312. The maximum Gasteiger partial charge on any atom is 0.290 e. The summed E-state index contributed by atoms with van der Waals surface area (Å²) in [5, 5.41) is 9.13. The highest BCUT2D eigenvalue weighted by molar-refractivity contribution is 5.37. The smallest absolute Gasteiger partial charge is 0.290 e. The Hall–Kier alpha value is -1.36. The Labute approximate surface area is 82.4 Å². The van der Waals surface area contributed by atoms with Crippen LogP contribution in [0.1, 0.15) is 13.8 Å². The number of hydrogen-bond acceptors (Lipinski definition) is 4. The highest BCUT2D eigenvalue weighted by Gasteiger charge is 2.25. The molecule has 2 N–H and O–H groups in total. The number of H-pyrrole nitrogens is 1. The van der Waals surface area contributed by atoms with E-state index >= 15 is 0 Å². The second kappa shape index (κ2) is 3.79. The van der Waals surface area contributed by atoms with Gasteiger partial charge >= 0.3 is 0 Å². The Morgan fingerprint density at radius 3 is 2.79 bits per heavy atom. The Kier molecular flexibility index (Phi) is 2.90. The van der Waals surface area contributed by atoms with Crippen LogP contribution in [-0.2, 0) is 0 Å². The number of nitrogens with one attached hydrogen (secondary N) is 1. The molecule has 0 spiro atoms. The standard InChI is InChI=1S/C9H15N3O2/c1-9(2,6-13)12(3)7-8(14)11-5-4-10-7/h4-5,13H,6H2,1-3H3,(H,11,14). The van der Waals surface area contributed by atoms with Gasteiger partial charge in [-0.3, -0.25) is 4.79 Å². The van der Waals surface area contributed by atoms with Gasteiger partial charge < -0.3 is 15.0 Å². The molecule has 14 heavy (non-hydrogen) atoms. The zero-order chi connectivity index (χ0) is 10.8. The van der Waals surface area contributed by atoms with Gasteiger partial charge in [-0.25, -0.2) is 4.98 Å². The van der Waals surface area contributed by atoms with E-state index in [-0.39, 0.29) is 12.2 Å². The lowest BCUT2D eigenvalue weighted by atomic mass is 10.1. The predicted molar refractivity (Wildman–Crippen MR) is 54.4 cm³/mol. The van der Waals surface area contributed by atoms with Crippen LogP contribution >= 0.6 is 0 Å². The maximum atomic E-state index is 11.4. The first kappa shape index (κ1) is 10.7. The normalized spacial score (nSPS) is 11.4. The van der Waals surface area contributed by atoms with E-state index in [1.807, 2.05) is 13.8 Å². The average Bonchev–Trinajstić information content (AvgIpc) is 2.17. The lowest BCUT2D eigenvalue weighted by Crippen LogP contribution is -2.47. The molecule has 5 heteroatoms. The third kappa shape index (κ3) is 1.93. The van der Waals surface area contributed by atoms with Gasteiger partial charge in [-0.15, -0.1) is 0 Å². The molecule has 1 aromatic rings. The zero-order valence-electron chi connectivity index (χ0n) is 8.61. The molecule has 0 fully saturated rings. The van der Waals surface area contributed by atoms with Crippen LogP contribution in [-0.4, -0.2) is 34.3 Å². The number of hydrogen-bond donors (Lipinski definition) is 2. The Morgan fingerprint density at radius 2 is 2.29 bits per heavy atom. The summed E-state index contributed by atoms with van der Waals surface area (Å²) in [6.07, 6.45) is 2.99. The summed E-state index contributed by atoms with van der Waals surface area (Å²) in [6, 6.07) is 0. The van der Waals surface area contributed by atoms with Gasteiger partial charge in [0.1, 0.15) is 0 Å². The number of anilines is 1. The Balaban J connectivity index is 3.07. The molecule has 5 nitrogen and oxygen atoms in total. The van der Waals surface area contributed by atoms with Gasteiger partial charge in [-0.2, -0.15) is 0 Å². The quantitative estimate of drug-likeness (QED) is 0.714. The van der Waals surface area contributed by atoms with Crippen LogP contribution in [0.3, 0.4) is 0 Å². The van der Waals surface area contributed by atoms with E-state index in [0.717, 1.165) is 0 Å². The van der Waals surface area contributed by atoms with E-state index in [9.17, 15) is 4.79 Å². The topological polar surface area (TPSA) is 69.2 Å². The molecule has 0 radical (unpaired) electrons. The summed E-state index contributed by atoms with van der Waals surface area (Å²) >= 11 is 0. The third-order valence-electron chi connectivity index (χ3n) is 2.30. The number of likely N-dealkylation sites (N-methyl/N-ethyl adjacent to an activating group) is 1. The largest absolute Gasteiger partial charge is 0.394 e. The van der Waals surface area contributed by atoms with Crippen molar-refractivity contribution >= 4 is 5.82 Å². The second-order valence-corrected chi connectivity index (χ2v) is 3.77. The molecular formula is C9H15N3O2. The second-order valence-electron chi connectivity index (χ2n) is 3.77. The van der Waals surface area contributed by atoms with Crippen molar-refractivity contribution in [3.05, 3.63) is 22.7 Å². The molecule has 1 rings (SSSR count). The molecule has 1 aromatic heterocycles. The number of aromatic nitrogens is 2. The average molecular weight is 197 g/mol. The lowest BCUT2D eigenvalue weighted by molar-refractivity contribution is 0.215. The number of aliphatic hydroxyl groups is 1. The molecule has 0 aliphatic carbocycles. The SMILES string of the molecule is CN(c1ncc[nH]c1=O)C(C)(C)CO. The van der Waals surface area contributed by atoms with Gasteiger partial charge in [0.2, 0.25) is 0 Å². The van der Waals surface area contributed by atoms with E-state index < -0.39 is 5.54 Å². The van der Waals surface area contributed by atoms with Crippen molar-refractivity contribution in [1.29, 1.82) is 0 Å². The molecular weight excluding hydrogens is 182 g/mol. The van der Waals surface area contributed by atoms with Crippen molar-refractivity contribution in [3.8, 4) is 0 Å². The molecule has 0 aliphatic rings. The fourth-order valence-corrected chi connectivity index (χ4v) is 0.976. The van der Waals surface area contributed by atoms with Crippen molar-refractivity contribution in [2.24, 2.45) is 0 Å². The van der Waals surface area contributed by atoms with Crippen molar-refractivity contribution < 1.29 is 5.11 Å². The minimum atomic E-state index is -0.499. The van der Waals surface area contributed by atoms with Crippen molar-refractivity contribution in [2.75, 3.05) is 18.6 Å².